The highest BCUT2D eigenvalue weighted by Gasteiger charge is 2.06. The molecule has 0 aliphatic carbocycles. The van der Waals surface area contributed by atoms with Crippen molar-refractivity contribution in [2.75, 3.05) is 52.9 Å². The smallest absolute Gasteiger partial charge is 0.133 e. The summed E-state index contributed by atoms with van der Waals surface area (Å²) < 4.78 is 21.3. The van der Waals surface area contributed by atoms with E-state index in [-0.39, 0.29) is 23.1 Å². The highest BCUT2D eigenvalue weighted by Crippen LogP contribution is 2.05. The number of carbonyl (C=O) groups is 4. The fourth-order valence-electron chi connectivity index (χ4n) is 2.55. The molecule has 0 fully saturated rings. The Morgan fingerprint density at radius 1 is 0.419 bits per heavy atom. The first-order valence-corrected chi connectivity index (χ1v) is 11.2. The van der Waals surface area contributed by atoms with Crippen LogP contribution in [-0.4, -0.2) is 76.0 Å². The highest BCUT2D eigenvalue weighted by atomic mass is 16.5. The third kappa shape index (κ3) is 24.7. The molecule has 180 valence electrons. The lowest BCUT2D eigenvalue weighted by Crippen LogP contribution is -2.09. The van der Waals surface area contributed by atoms with Crippen molar-refractivity contribution in [3.05, 3.63) is 0 Å². The van der Waals surface area contributed by atoms with Gasteiger partial charge < -0.3 is 18.9 Å². The number of carbonyl (C=O) groups excluding carboxylic acids is 4. The van der Waals surface area contributed by atoms with E-state index in [2.05, 4.69) is 0 Å². The molecule has 0 aliphatic rings. The lowest BCUT2D eigenvalue weighted by atomic mass is 10.1. The van der Waals surface area contributed by atoms with Gasteiger partial charge in [-0.3, -0.25) is 19.2 Å². The highest BCUT2D eigenvalue weighted by molar-refractivity contribution is 5.81. The van der Waals surface area contributed by atoms with Crippen LogP contribution in [0.3, 0.4) is 0 Å². The SMILES string of the molecule is CC(=O)CCOCCOCCCC(=O)CCCC(=O)CCCOCCOCCC(C)=O. The van der Waals surface area contributed by atoms with Gasteiger partial charge in [-0.25, -0.2) is 0 Å². The molecule has 8 heteroatoms. The maximum atomic E-state index is 11.8. The number of ether oxygens (including phenoxy) is 4. The Morgan fingerprint density at radius 2 is 0.742 bits per heavy atom. The third-order valence-corrected chi connectivity index (χ3v) is 4.34. The Balaban J connectivity index is 3.35. The van der Waals surface area contributed by atoms with Crippen molar-refractivity contribution in [1.29, 1.82) is 0 Å². The number of ketones is 4. The quantitative estimate of drug-likeness (QED) is 0.209. The average Bonchev–Trinajstić information content (AvgIpc) is 2.70. The van der Waals surface area contributed by atoms with E-state index in [1.807, 2.05) is 0 Å². The number of hydrogen-bond acceptors (Lipinski definition) is 8. The number of hydrogen-bond donors (Lipinski definition) is 0. The van der Waals surface area contributed by atoms with Gasteiger partial charge in [-0.1, -0.05) is 0 Å². The Hall–Kier alpha value is -1.48. The first-order chi connectivity index (χ1) is 14.9. The first kappa shape index (κ1) is 29.5. The second-order valence-electron chi connectivity index (χ2n) is 7.49. The van der Waals surface area contributed by atoms with E-state index < -0.39 is 0 Å². The van der Waals surface area contributed by atoms with Crippen molar-refractivity contribution < 1.29 is 38.1 Å². The summed E-state index contributed by atoms with van der Waals surface area (Å²) in [5.41, 5.74) is 0. The van der Waals surface area contributed by atoms with Crippen molar-refractivity contribution in [2.24, 2.45) is 0 Å². The third-order valence-electron chi connectivity index (χ3n) is 4.34. The van der Waals surface area contributed by atoms with Gasteiger partial charge in [0.05, 0.1) is 39.6 Å². The Labute approximate surface area is 186 Å². The van der Waals surface area contributed by atoms with Crippen molar-refractivity contribution in [2.45, 2.75) is 71.6 Å². The van der Waals surface area contributed by atoms with E-state index >= 15 is 0 Å². The molecule has 8 nitrogen and oxygen atoms in total. The molecule has 0 aromatic carbocycles. The van der Waals surface area contributed by atoms with Crippen LogP contribution in [0.5, 0.6) is 0 Å². The molecule has 31 heavy (non-hydrogen) atoms. The molecule has 0 rings (SSSR count). The van der Waals surface area contributed by atoms with Gasteiger partial charge in [0.2, 0.25) is 0 Å². The largest absolute Gasteiger partial charge is 0.379 e. The number of rotatable bonds is 24. The lowest BCUT2D eigenvalue weighted by Gasteiger charge is -2.06. The van der Waals surface area contributed by atoms with E-state index in [0.29, 0.717) is 111 Å². The molecule has 0 spiro atoms. The fourth-order valence-corrected chi connectivity index (χ4v) is 2.55. The Kier molecular flexibility index (Phi) is 20.7. The molecule has 0 aromatic heterocycles. The minimum absolute atomic E-state index is 0.107. The zero-order chi connectivity index (χ0) is 23.2. The minimum Gasteiger partial charge on any atom is -0.379 e. The molecule has 0 saturated heterocycles. The van der Waals surface area contributed by atoms with Crippen LogP contribution >= 0.6 is 0 Å². The molecule has 0 unspecified atom stereocenters. The summed E-state index contributed by atoms with van der Waals surface area (Å²) in [5, 5.41) is 0. The summed E-state index contributed by atoms with van der Waals surface area (Å²) in [6.45, 7) is 6.71. The second-order valence-corrected chi connectivity index (χ2v) is 7.49. The van der Waals surface area contributed by atoms with Crippen LogP contribution in [0.25, 0.3) is 0 Å². The molecule has 0 atom stereocenters. The van der Waals surface area contributed by atoms with Crippen molar-refractivity contribution >= 4 is 23.1 Å². The molecule has 0 aromatic rings. The Bertz CT molecular complexity index is 460. The van der Waals surface area contributed by atoms with Crippen LogP contribution in [0.1, 0.15) is 71.6 Å². The van der Waals surface area contributed by atoms with E-state index in [4.69, 9.17) is 18.9 Å². The minimum atomic E-state index is 0.107. The Morgan fingerprint density at radius 3 is 1.10 bits per heavy atom. The normalized spacial score (nSPS) is 10.9. The van der Waals surface area contributed by atoms with E-state index in [0.717, 1.165) is 0 Å². The summed E-state index contributed by atoms with van der Waals surface area (Å²) in [4.78, 5) is 45.1. The van der Waals surface area contributed by atoms with E-state index in [9.17, 15) is 19.2 Å². The maximum Gasteiger partial charge on any atom is 0.133 e. The molecule has 0 amide bonds. The van der Waals surface area contributed by atoms with Gasteiger partial charge in [0.1, 0.15) is 23.1 Å². The van der Waals surface area contributed by atoms with E-state index in [1.165, 1.54) is 13.8 Å². The molecular weight excluding hydrogens is 404 g/mol. The van der Waals surface area contributed by atoms with Crippen LogP contribution in [0.15, 0.2) is 0 Å². The molecule has 0 aliphatic heterocycles. The van der Waals surface area contributed by atoms with Gasteiger partial charge in [-0.2, -0.15) is 0 Å². The summed E-state index contributed by atoms with van der Waals surface area (Å²) in [7, 11) is 0. The van der Waals surface area contributed by atoms with Crippen LogP contribution in [0.2, 0.25) is 0 Å². The molecular formula is C23H40O8. The second kappa shape index (κ2) is 21.7. The topological polar surface area (TPSA) is 105 Å². The van der Waals surface area contributed by atoms with Crippen molar-refractivity contribution in [3.63, 3.8) is 0 Å². The zero-order valence-electron chi connectivity index (χ0n) is 19.3. The van der Waals surface area contributed by atoms with Crippen LogP contribution < -0.4 is 0 Å². The molecule has 0 radical (unpaired) electrons. The van der Waals surface area contributed by atoms with Gasteiger partial charge in [0, 0.05) is 51.7 Å². The zero-order valence-corrected chi connectivity index (χ0v) is 19.3. The van der Waals surface area contributed by atoms with Gasteiger partial charge in [0.25, 0.3) is 0 Å². The fraction of sp³-hybridized carbons (Fsp3) is 0.826. The molecule has 0 N–H and O–H groups in total. The monoisotopic (exact) mass is 444 g/mol. The molecule has 0 heterocycles. The summed E-state index contributed by atoms with van der Waals surface area (Å²) in [5.74, 6) is 0.523. The summed E-state index contributed by atoms with van der Waals surface area (Å²) >= 11 is 0. The number of Topliss-reactive ketones (excluding diaryl/α,β-unsaturated/α-hetero) is 4. The summed E-state index contributed by atoms with van der Waals surface area (Å²) in [6, 6.07) is 0. The van der Waals surface area contributed by atoms with Crippen LogP contribution in [0.4, 0.5) is 0 Å². The predicted octanol–water partition coefficient (Wildman–Crippen LogP) is 2.88. The predicted molar refractivity (Wildman–Crippen MR) is 116 cm³/mol. The molecule has 0 bridgehead atoms. The average molecular weight is 445 g/mol. The van der Waals surface area contributed by atoms with Gasteiger partial charge in [-0.15, -0.1) is 0 Å². The summed E-state index contributed by atoms with van der Waals surface area (Å²) in [6.07, 6.45) is 4.53. The van der Waals surface area contributed by atoms with E-state index in [1.54, 1.807) is 0 Å². The molecule has 0 saturated carbocycles. The van der Waals surface area contributed by atoms with Gasteiger partial charge in [-0.05, 0) is 33.1 Å². The standard InChI is InChI=1S/C23H40O8/c1-20(24)10-14-30-18-16-28-12-4-8-22(26)6-3-7-23(27)9-5-13-29-17-19-31-15-11-21(2)25/h3-19H2,1-2H3. The lowest BCUT2D eigenvalue weighted by molar-refractivity contribution is -0.121. The first-order valence-electron chi connectivity index (χ1n) is 11.2. The van der Waals surface area contributed by atoms with Crippen molar-refractivity contribution in [3.8, 4) is 0 Å². The van der Waals surface area contributed by atoms with Crippen LogP contribution in [-0.2, 0) is 38.1 Å². The van der Waals surface area contributed by atoms with Crippen molar-refractivity contribution in [1.82, 2.24) is 0 Å². The van der Waals surface area contributed by atoms with Crippen LogP contribution in [0, 0.1) is 0 Å². The van der Waals surface area contributed by atoms with Gasteiger partial charge >= 0.3 is 0 Å². The van der Waals surface area contributed by atoms with Gasteiger partial charge in [0.15, 0.2) is 0 Å². The maximum absolute atomic E-state index is 11.8.